The number of nitrogens with one attached hydrogen (secondary N) is 4. The third-order valence-corrected chi connectivity index (χ3v) is 3.27. The number of halogens is 1. The predicted molar refractivity (Wildman–Crippen MR) is 114 cm³/mol. The van der Waals surface area contributed by atoms with Gasteiger partial charge in [0.15, 0.2) is 5.96 Å². The van der Waals surface area contributed by atoms with E-state index < -0.39 is 0 Å². The van der Waals surface area contributed by atoms with Crippen molar-refractivity contribution in [2.75, 3.05) is 13.1 Å². The maximum Gasteiger partial charge on any atom is 0.239 e. The van der Waals surface area contributed by atoms with Crippen LogP contribution in [0, 0.1) is 0 Å². The number of aliphatic imine (C=N–C) groups is 1. The minimum absolute atomic E-state index is 0. The number of hydrogen-bond acceptors (Lipinski definition) is 2. The molecule has 2 rings (SSSR count). The summed E-state index contributed by atoms with van der Waals surface area (Å²) in [6.45, 7) is 9.32. The van der Waals surface area contributed by atoms with E-state index >= 15 is 0 Å². The number of para-hydroxylation sites is 1. The zero-order chi connectivity index (χ0) is 17.6. The van der Waals surface area contributed by atoms with E-state index in [0.717, 1.165) is 17.8 Å². The Hall–Kier alpha value is -1.77. The average Bonchev–Trinajstić information content (AvgIpc) is 2.91. The van der Waals surface area contributed by atoms with Crippen LogP contribution in [0.4, 0.5) is 0 Å². The zero-order valence-corrected chi connectivity index (χ0v) is 17.6. The standard InChI is InChI=1S/C18H27N5O.HI/c1-5-19-17(21-12-16(24)23-18(2,3)4)20-11-14-10-13-8-6-7-9-15(13)22-14;/h6-10,22H,5,11-12H2,1-4H3,(H,23,24)(H2,19,20,21);1H. The molecule has 138 valence electrons. The van der Waals surface area contributed by atoms with Crippen LogP contribution in [0.1, 0.15) is 33.4 Å². The lowest BCUT2D eigenvalue weighted by Gasteiger charge is -2.21. The molecule has 1 heterocycles. The topological polar surface area (TPSA) is 81.3 Å². The lowest BCUT2D eigenvalue weighted by Crippen LogP contribution is -2.48. The number of aromatic amines is 1. The van der Waals surface area contributed by atoms with Crippen LogP contribution < -0.4 is 16.0 Å². The van der Waals surface area contributed by atoms with Gasteiger partial charge >= 0.3 is 0 Å². The number of amides is 1. The molecular weight excluding hydrogens is 429 g/mol. The Labute approximate surface area is 166 Å². The number of fused-ring (bicyclic) bond motifs is 1. The molecule has 1 aromatic heterocycles. The summed E-state index contributed by atoms with van der Waals surface area (Å²) in [4.78, 5) is 19.8. The first-order chi connectivity index (χ1) is 11.4. The van der Waals surface area contributed by atoms with Gasteiger partial charge < -0.3 is 20.9 Å². The lowest BCUT2D eigenvalue weighted by molar-refractivity contribution is -0.121. The molecule has 0 saturated carbocycles. The molecule has 4 N–H and O–H groups in total. The number of H-pyrrole nitrogens is 1. The molecule has 0 bridgehead atoms. The van der Waals surface area contributed by atoms with Gasteiger partial charge in [-0.3, -0.25) is 4.79 Å². The molecule has 0 radical (unpaired) electrons. The van der Waals surface area contributed by atoms with Crippen molar-refractivity contribution in [1.29, 1.82) is 0 Å². The molecule has 0 aliphatic heterocycles. The molecule has 1 amide bonds. The van der Waals surface area contributed by atoms with E-state index in [9.17, 15) is 4.79 Å². The first kappa shape index (κ1) is 21.3. The number of benzene rings is 1. The van der Waals surface area contributed by atoms with Crippen molar-refractivity contribution in [3.05, 3.63) is 36.0 Å². The summed E-state index contributed by atoms with van der Waals surface area (Å²) in [5.41, 5.74) is 1.90. The van der Waals surface area contributed by atoms with Crippen molar-refractivity contribution in [3.63, 3.8) is 0 Å². The van der Waals surface area contributed by atoms with E-state index in [1.165, 1.54) is 5.39 Å². The number of guanidine groups is 1. The normalized spacial score (nSPS) is 11.8. The molecule has 0 unspecified atom stereocenters. The van der Waals surface area contributed by atoms with Gasteiger partial charge in [0, 0.05) is 23.3 Å². The Morgan fingerprint density at radius 1 is 1.20 bits per heavy atom. The van der Waals surface area contributed by atoms with Gasteiger partial charge in [0.25, 0.3) is 0 Å². The van der Waals surface area contributed by atoms with Crippen LogP contribution in [-0.4, -0.2) is 35.5 Å². The molecule has 0 spiro atoms. The van der Waals surface area contributed by atoms with Gasteiger partial charge in [0.1, 0.15) is 0 Å². The lowest BCUT2D eigenvalue weighted by atomic mass is 10.1. The van der Waals surface area contributed by atoms with Crippen molar-refractivity contribution in [2.24, 2.45) is 4.99 Å². The molecule has 6 nitrogen and oxygen atoms in total. The van der Waals surface area contributed by atoms with E-state index in [-0.39, 0.29) is 42.0 Å². The minimum atomic E-state index is -0.237. The Morgan fingerprint density at radius 2 is 1.92 bits per heavy atom. The smallest absolute Gasteiger partial charge is 0.239 e. The van der Waals surface area contributed by atoms with E-state index in [0.29, 0.717) is 12.5 Å². The first-order valence-corrected chi connectivity index (χ1v) is 8.27. The summed E-state index contributed by atoms with van der Waals surface area (Å²) < 4.78 is 0. The van der Waals surface area contributed by atoms with Gasteiger partial charge in [-0.2, -0.15) is 0 Å². The van der Waals surface area contributed by atoms with Crippen molar-refractivity contribution in [2.45, 2.75) is 39.8 Å². The Morgan fingerprint density at radius 3 is 2.56 bits per heavy atom. The van der Waals surface area contributed by atoms with E-state index in [1.807, 2.05) is 45.9 Å². The average molecular weight is 457 g/mol. The summed E-state index contributed by atoms with van der Waals surface area (Å²) in [6.07, 6.45) is 0. The summed E-state index contributed by atoms with van der Waals surface area (Å²) in [6, 6.07) is 10.2. The monoisotopic (exact) mass is 457 g/mol. The van der Waals surface area contributed by atoms with Crippen LogP contribution in [0.25, 0.3) is 10.9 Å². The second-order valence-electron chi connectivity index (χ2n) is 6.73. The zero-order valence-electron chi connectivity index (χ0n) is 15.3. The van der Waals surface area contributed by atoms with Crippen molar-refractivity contribution >= 4 is 46.7 Å². The van der Waals surface area contributed by atoms with Gasteiger partial charge in [-0.05, 0) is 45.2 Å². The van der Waals surface area contributed by atoms with Crippen LogP contribution in [0.3, 0.4) is 0 Å². The highest BCUT2D eigenvalue weighted by Crippen LogP contribution is 2.14. The number of hydrogen-bond donors (Lipinski definition) is 4. The largest absolute Gasteiger partial charge is 0.357 e. The molecular formula is C18H28IN5O. The molecule has 0 fully saturated rings. The van der Waals surface area contributed by atoms with Gasteiger partial charge in [0.2, 0.25) is 5.91 Å². The van der Waals surface area contributed by atoms with Crippen LogP contribution in [0.5, 0.6) is 0 Å². The molecule has 0 aliphatic rings. The number of nitrogens with zero attached hydrogens (tertiary/aromatic N) is 1. The van der Waals surface area contributed by atoms with Crippen LogP contribution >= 0.6 is 24.0 Å². The Bertz CT molecular complexity index is 685. The molecule has 25 heavy (non-hydrogen) atoms. The third kappa shape index (κ3) is 7.33. The Balaban J connectivity index is 0.00000312. The fourth-order valence-corrected chi connectivity index (χ4v) is 2.35. The highest BCUT2D eigenvalue weighted by Gasteiger charge is 2.13. The van der Waals surface area contributed by atoms with E-state index in [2.05, 4.69) is 38.1 Å². The highest BCUT2D eigenvalue weighted by molar-refractivity contribution is 14.0. The van der Waals surface area contributed by atoms with Crippen LogP contribution in [0.15, 0.2) is 35.3 Å². The molecule has 2 aromatic rings. The third-order valence-electron chi connectivity index (χ3n) is 3.27. The summed E-state index contributed by atoms with van der Waals surface area (Å²) in [7, 11) is 0. The quantitative estimate of drug-likeness (QED) is 0.317. The van der Waals surface area contributed by atoms with E-state index in [4.69, 9.17) is 0 Å². The maximum atomic E-state index is 11.9. The molecule has 0 atom stereocenters. The summed E-state index contributed by atoms with van der Waals surface area (Å²) in [5, 5.41) is 10.3. The second-order valence-corrected chi connectivity index (χ2v) is 6.73. The van der Waals surface area contributed by atoms with Gasteiger partial charge in [-0.25, -0.2) is 4.99 Å². The van der Waals surface area contributed by atoms with Gasteiger partial charge in [-0.15, -0.1) is 24.0 Å². The SMILES string of the molecule is CCNC(=NCc1cc2ccccc2[nH]1)NCC(=O)NC(C)(C)C.I. The van der Waals surface area contributed by atoms with Gasteiger partial charge in [0.05, 0.1) is 13.1 Å². The first-order valence-electron chi connectivity index (χ1n) is 8.27. The number of carbonyl (C=O) groups excluding carboxylic acids is 1. The number of aromatic nitrogens is 1. The predicted octanol–water partition coefficient (Wildman–Crippen LogP) is 2.76. The fraction of sp³-hybridized carbons (Fsp3) is 0.444. The second kappa shape index (κ2) is 9.65. The summed E-state index contributed by atoms with van der Waals surface area (Å²) in [5.74, 6) is 0.568. The molecule has 7 heteroatoms. The van der Waals surface area contributed by atoms with Crippen molar-refractivity contribution in [3.8, 4) is 0 Å². The van der Waals surface area contributed by atoms with Crippen LogP contribution in [0.2, 0.25) is 0 Å². The Kier molecular flexibility index (Phi) is 8.21. The summed E-state index contributed by atoms with van der Waals surface area (Å²) >= 11 is 0. The maximum absolute atomic E-state index is 11.9. The fourth-order valence-electron chi connectivity index (χ4n) is 2.35. The van der Waals surface area contributed by atoms with Crippen molar-refractivity contribution < 1.29 is 4.79 Å². The number of carbonyl (C=O) groups is 1. The van der Waals surface area contributed by atoms with Gasteiger partial charge in [-0.1, -0.05) is 18.2 Å². The van der Waals surface area contributed by atoms with Crippen LogP contribution in [-0.2, 0) is 11.3 Å². The van der Waals surface area contributed by atoms with Crippen molar-refractivity contribution in [1.82, 2.24) is 20.9 Å². The molecule has 1 aromatic carbocycles. The number of rotatable bonds is 5. The molecule has 0 saturated heterocycles. The minimum Gasteiger partial charge on any atom is -0.357 e. The van der Waals surface area contributed by atoms with E-state index in [1.54, 1.807) is 0 Å². The molecule has 0 aliphatic carbocycles. The highest BCUT2D eigenvalue weighted by atomic mass is 127.